The maximum Gasteiger partial charge on any atom is 0.326 e. The summed E-state index contributed by atoms with van der Waals surface area (Å²) >= 11 is 3.44. The van der Waals surface area contributed by atoms with Gasteiger partial charge in [0.25, 0.3) is 0 Å². The Hall–Kier alpha value is -3.40. The first-order chi connectivity index (χ1) is 14.5. The number of benzene rings is 1. The fourth-order valence-electron chi connectivity index (χ4n) is 3.08. The number of H-pyrrole nitrogens is 2. The van der Waals surface area contributed by atoms with Crippen LogP contribution in [0.5, 0.6) is 5.88 Å². The Kier molecular flexibility index (Phi) is 4.62. The van der Waals surface area contributed by atoms with Crippen LogP contribution in [0.15, 0.2) is 50.8 Å². The van der Waals surface area contributed by atoms with Crippen LogP contribution in [0.2, 0.25) is 0 Å². The lowest BCUT2D eigenvalue weighted by molar-refractivity contribution is 0.454. The molecule has 152 valence electrons. The van der Waals surface area contributed by atoms with Crippen molar-refractivity contribution in [3.63, 3.8) is 0 Å². The van der Waals surface area contributed by atoms with Gasteiger partial charge < -0.3 is 15.4 Å². The molecule has 0 aliphatic heterocycles. The number of aromatic amines is 2. The third-order valence-corrected chi connectivity index (χ3v) is 5.29. The molecule has 1 fully saturated rings. The molecule has 0 unspecified atom stereocenters. The number of hydrogen-bond acceptors (Lipinski definition) is 6. The van der Waals surface area contributed by atoms with Gasteiger partial charge in [0.1, 0.15) is 11.5 Å². The van der Waals surface area contributed by atoms with Crippen molar-refractivity contribution in [1.82, 2.24) is 24.6 Å². The summed E-state index contributed by atoms with van der Waals surface area (Å²) in [4.78, 5) is 25.7. The second-order valence-corrected chi connectivity index (χ2v) is 8.08. The Labute approximate surface area is 178 Å². The average Bonchev–Trinajstić information content (AvgIpc) is 3.36. The molecule has 9 nitrogen and oxygen atoms in total. The zero-order valence-corrected chi connectivity index (χ0v) is 17.3. The lowest BCUT2D eigenvalue weighted by Gasteiger charge is -2.07. The average molecular weight is 468 g/mol. The molecule has 0 saturated heterocycles. The van der Waals surface area contributed by atoms with Gasteiger partial charge in [0.05, 0.1) is 12.2 Å². The molecule has 10 heteroatoms. The van der Waals surface area contributed by atoms with Gasteiger partial charge >= 0.3 is 5.69 Å². The molecule has 0 bridgehead atoms. The fraction of sp³-hybridized carbons (Fsp3) is 0.200. The predicted molar refractivity (Wildman–Crippen MR) is 115 cm³/mol. The maximum atomic E-state index is 11.4. The predicted octanol–water partition coefficient (Wildman–Crippen LogP) is 1.44. The van der Waals surface area contributed by atoms with Crippen molar-refractivity contribution < 1.29 is 5.11 Å². The summed E-state index contributed by atoms with van der Waals surface area (Å²) in [6, 6.07) is 10.3. The van der Waals surface area contributed by atoms with Crippen molar-refractivity contribution in [1.29, 1.82) is 0 Å². The molecular weight excluding hydrogens is 450 g/mol. The van der Waals surface area contributed by atoms with Gasteiger partial charge in [-0.1, -0.05) is 28.1 Å². The molecular formula is C20H18BrN7O2. The highest BCUT2D eigenvalue weighted by Gasteiger charge is 2.20. The van der Waals surface area contributed by atoms with E-state index in [-0.39, 0.29) is 11.6 Å². The Morgan fingerprint density at radius 1 is 1.30 bits per heavy atom. The van der Waals surface area contributed by atoms with E-state index in [1.54, 1.807) is 16.8 Å². The fourth-order valence-corrected chi connectivity index (χ4v) is 3.35. The SMILES string of the molecule is O=c1[nH]c(O)c(C=c2cnn3c(=NC4CC4)cc(NCc4ccc(Br)cc4)nc23)[nH]1. The summed E-state index contributed by atoms with van der Waals surface area (Å²) < 4.78 is 2.71. The maximum absolute atomic E-state index is 11.4. The molecule has 0 amide bonds. The minimum absolute atomic E-state index is 0.230. The largest absolute Gasteiger partial charge is 0.493 e. The minimum Gasteiger partial charge on any atom is -0.493 e. The summed E-state index contributed by atoms with van der Waals surface area (Å²) in [6.07, 6.45) is 5.41. The summed E-state index contributed by atoms with van der Waals surface area (Å²) in [6.45, 7) is 0.610. The lowest BCUT2D eigenvalue weighted by Crippen LogP contribution is -2.20. The molecule has 3 heterocycles. The van der Waals surface area contributed by atoms with Crippen LogP contribution in [0.1, 0.15) is 24.1 Å². The first-order valence-electron chi connectivity index (χ1n) is 9.49. The molecule has 5 rings (SSSR count). The van der Waals surface area contributed by atoms with Crippen molar-refractivity contribution in [2.75, 3.05) is 5.32 Å². The number of anilines is 1. The summed E-state index contributed by atoms with van der Waals surface area (Å²) in [5.74, 6) is 0.443. The highest BCUT2D eigenvalue weighted by atomic mass is 79.9. The molecule has 0 atom stereocenters. The van der Waals surface area contributed by atoms with Crippen molar-refractivity contribution in [2.45, 2.75) is 25.4 Å². The number of nitrogens with one attached hydrogen (secondary N) is 3. The standard InChI is InChI=1S/C20H18BrN7O2/c21-13-3-1-11(2-4-13)9-22-16-8-17(24-14-5-6-14)28-18(26-16)12(10-23-28)7-15-19(29)27-20(30)25-15/h1-4,7-8,10,14,22,29H,5-6,9H2,(H2,25,27,30). The molecule has 4 aromatic rings. The number of rotatable bonds is 5. The summed E-state index contributed by atoms with van der Waals surface area (Å²) in [5.41, 5.74) is 2.20. The molecule has 4 N–H and O–H groups in total. The topological polar surface area (TPSA) is 123 Å². The normalized spacial score (nSPS) is 15.2. The highest BCUT2D eigenvalue weighted by molar-refractivity contribution is 9.10. The number of fused-ring (bicyclic) bond motifs is 1. The van der Waals surface area contributed by atoms with Gasteiger partial charge in [-0.2, -0.15) is 9.61 Å². The Morgan fingerprint density at radius 2 is 2.10 bits per heavy atom. The molecule has 30 heavy (non-hydrogen) atoms. The van der Waals surface area contributed by atoms with Crippen LogP contribution in [0.3, 0.4) is 0 Å². The quantitative estimate of drug-likeness (QED) is 0.353. The van der Waals surface area contributed by atoms with Gasteiger partial charge in [-0.05, 0) is 36.6 Å². The van der Waals surface area contributed by atoms with Gasteiger partial charge in [0, 0.05) is 22.3 Å². The summed E-state index contributed by atoms with van der Waals surface area (Å²) in [5, 5.41) is 18.3. The van der Waals surface area contributed by atoms with Crippen molar-refractivity contribution in [3.8, 4) is 5.88 Å². The van der Waals surface area contributed by atoms with E-state index in [1.807, 2.05) is 30.3 Å². The number of imidazole rings is 1. The summed E-state index contributed by atoms with van der Waals surface area (Å²) in [7, 11) is 0. The third kappa shape index (κ3) is 3.86. The lowest BCUT2D eigenvalue weighted by atomic mass is 10.2. The van der Waals surface area contributed by atoms with Crippen LogP contribution in [-0.2, 0) is 6.54 Å². The van der Waals surface area contributed by atoms with Crippen molar-refractivity contribution >= 4 is 33.5 Å². The van der Waals surface area contributed by atoms with E-state index in [4.69, 9.17) is 9.98 Å². The first-order valence-corrected chi connectivity index (χ1v) is 10.3. The Balaban J connectivity index is 1.58. The van der Waals surface area contributed by atoms with Gasteiger partial charge in [-0.15, -0.1) is 0 Å². The molecule has 1 saturated carbocycles. The number of aromatic hydroxyl groups is 1. The van der Waals surface area contributed by atoms with Crippen LogP contribution in [-0.4, -0.2) is 35.7 Å². The van der Waals surface area contributed by atoms with Crippen LogP contribution >= 0.6 is 15.9 Å². The van der Waals surface area contributed by atoms with E-state index in [9.17, 15) is 9.90 Å². The van der Waals surface area contributed by atoms with Crippen LogP contribution < -0.4 is 21.7 Å². The third-order valence-electron chi connectivity index (χ3n) is 4.76. The molecule has 1 aromatic carbocycles. The van der Waals surface area contributed by atoms with E-state index in [2.05, 4.69) is 36.3 Å². The van der Waals surface area contributed by atoms with Crippen LogP contribution in [0.4, 0.5) is 5.82 Å². The zero-order valence-electron chi connectivity index (χ0n) is 15.8. The highest BCUT2D eigenvalue weighted by Crippen LogP contribution is 2.22. The molecule has 1 aliphatic carbocycles. The van der Waals surface area contributed by atoms with E-state index < -0.39 is 5.69 Å². The first kappa shape index (κ1) is 18.6. The molecule has 1 aliphatic rings. The van der Waals surface area contributed by atoms with Crippen LogP contribution in [0, 0.1) is 0 Å². The molecule has 3 aromatic heterocycles. The minimum atomic E-state index is -0.482. The van der Waals surface area contributed by atoms with Gasteiger partial charge in [0.15, 0.2) is 11.1 Å². The van der Waals surface area contributed by atoms with Gasteiger partial charge in [-0.3, -0.25) is 9.98 Å². The van der Waals surface area contributed by atoms with E-state index in [0.29, 0.717) is 34.8 Å². The van der Waals surface area contributed by atoms with Gasteiger partial charge in [-0.25, -0.2) is 9.78 Å². The van der Waals surface area contributed by atoms with Crippen molar-refractivity contribution in [2.24, 2.45) is 4.99 Å². The van der Waals surface area contributed by atoms with E-state index in [1.165, 1.54) is 0 Å². The second-order valence-electron chi connectivity index (χ2n) is 7.16. The van der Waals surface area contributed by atoms with E-state index >= 15 is 0 Å². The zero-order chi connectivity index (χ0) is 20.7. The number of nitrogens with zero attached hydrogens (tertiary/aromatic N) is 4. The monoisotopic (exact) mass is 467 g/mol. The van der Waals surface area contributed by atoms with E-state index in [0.717, 1.165) is 22.9 Å². The van der Waals surface area contributed by atoms with Crippen LogP contribution in [0.25, 0.3) is 11.7 Å². The molecule has 0 spiro atoms. The second kappa shape index (κ2) is 7.45. The van der Waals surface area contributed by atoms with Gasteiger partial charge in [0.2, 0.25) is 5.88 Å². The number of halogens is 1. The molecule has 0 radical (unpaired) electrons. The Bertz CT molecular complexity index is 1400. The smallest absolute Gasteiger partial charge is 0.326 e. The number of aromatic nitrogens is 5. The Morgan fingerprint density at radius 3 is 2.80 bits per heavy atom. The van der Waals surface area contributed by atoms with Crippen molar-refractivity contribution in [3.05, 3.63) is 73.4 Å². The number of hydrogen-bond donors (Lipinski definition) is 4.